The van der Waals surface area contributed by atoms with Crippen LogP contribution in [0.5, 0.6) is 0 Å². The lowest BCUT2D eigenvalue weighted by atomic mass is 9.86. The average molecular weight is 501 g/mol. The normalized spacial score (nSPS) is 20.0. The number of nitrogens with one attached hydrogen (secondary N) is 3. The third kappa shape index (κ3) is 8.22. The summed E-state index contributed by atoms with van der Waals surface area (Å²) in [5, 5.41) is 36.9. The van der Waals surface area contributed by atoms with Crippen molar-refractivity contribution in [2.24, 2.45) is 0 Å². The number of aromatic nitrogens is 1. The number of carbonyl (C=O) groups excluding carboxylic acids is 3. The van der Waals surface area contributed by atoms with Crippen molar-refractivity contribution in [2.45, 2.75) is 76.1 Å². The summed E-state index contributed by atoms with van der Waals surface area (Å²) in [6, 6.07) is -2.95. The van der Waals surface area contributed by atoms with Crippen molar-refractivity contribution in [3.05, 3.63) is 16.1 Å². The second-order valence-corrected chi connectivity index (χ2v) is 9.95. The van der Waals surface area contributed by atoms with Crippen molar-refractivity contribution in [3.8, 4) is 0 Å². The van der Waals surface area contributed by atoms with Gasteiger partial charge in [0.15, 0.2) is 0 Å². The van der Waals surface area contributed by atoms with E-state index in [9.17, 15) is 24.3 Å². The number of carbonyl (C=O) groups is 4. The van der Waals surface area contributed by atoms with Gasteiger partial charge in [-0.25, -0.2) is 14.6 Å². The Hall–Kier alpha value is -2.77. The molecule has 0 saturated heterocycles. The number of thiazole rings is 1. The molecule has 0 aromatic carbocycles. The molecule has 1 aliphatic carbocycles. The Morgan fingerprint density at radius 2 is 1.71 bits per heavy atom. The molecule has 1 aromatic rings. The summed E-state index contributed by atoms with van der Waals surface area (Å²) in [6.45, 7) is 3.81. The minimum Gasteiger partial charge on any atom is -0.480 e. The van der Waals surface area contributed by atoms with E-state index in [2.05, 4.69) is 15.6 Å². The van der Waals surface area contributed by atoms with Gasteiger partial charge in [0.1, 0.15) is 23.4 Å². The second kappa shape index (κ2) is 12.1. The Kier molecular flexibility index (Phi) is 9.77. The van der Waals surface area contributed by atoms with Gasteiger partial charge in [-0.2, -0.15) is 0 Å². The van der Waals surface area contributed by atoms with Crippen LogP contribution in [0.4, 0.5) is 4.79 Å². The molecule has 1 aliphatic rings. The van der Waals surface area contributed by atoms with Gasteiger partial charge in [0.05, 0.1) is 18.2 Å². The molecule has 190 valence electrons. The number of rotatable bonds is 9. The number of aliphatic hydroxyl groups is 2. The van der Waals surface area contributed by atoms with Crippen LogP contribution in [-0.4, -0.2) is 81.1 Å². The van der Waals surface area contributed by atoms with Crippen LogP contribution in [0, 0.1) is 0 Å². The number of alkyl carbamates (subject to hydrolysis) is 1. The largest absolute Gasteiger partial charge is 0.480 e. The highest BCUT2D eigenvalue weighted by Gasteiger charge is 2.29. The second-order valence-electron chi connectivity index (χ2n) is 9.06. The van der Waals surface area contributed by atoms with Crippen LogP contribution in [0.15, 0.2) is 5.38 Å². The van der Waals surface area contributed by atoms with E-state index in [0.717, 1.165) is 30.7 Å². The number of hydrogen-bond donors (Lipinski definition) is 6. The summed E-state index contributed by atoms with van der Waals surface area (Å²) < 4.78 is 5.29. The molecule has 34 heavy (non-hydrogen) atoms. The quantitative estimate of drug-likeness (QED) is 0.278. The van der Waals surface area contributed by atoms with Crippen molar-refractivity contribution in [1.29, 1.82) is 0 Å². The number of carboxylic acid groups (broad SMARTS) is 1. The predicted octanol–water partition coefficient (Wildman–Crippen LogP) is 0.346. The standard InChI is InChI=1S/C21H32N4O8S/c1-21(2,3)33-20(32)22-12-6-4-11(5-7-12)18-25-15(10-34-18)17(29)23-13(8-26)16(28)24-14(9-27)19(30)31/h10-14,26-27H,4-9H2,1-3H3,(H,22,32)(H,23,29)(H,24,28)(H,30,31)/t11?,12?,13-,14-/m0/s1. The Morgan fingerprint density at radius 1 is 1.09 bits per heavy atom. The summed E-state index contributed by atoms with van der Waals surface area (Å²) in [7, 11) is 0. The van der Waals surface area contributed by atoms with E-state index < -0.39 is 54.8 Å². The van der Waals surface area contributed by atoms with Crippen LogP contribution in [0.3, 0.4) is 0 Å². The van der Waals surface area contributed by atoms with Gasteiger partial charge in [0.25, 0.3) is 5.91 Å². The van der Waals surface area contributed by atoms with Crippen LogP contribution in [0.2, 0.25) is 0 Å². The fourth-order valence-corrected chi connectivity index (χ4v) is 4.39. The van der Waals surface area contributed by atoms with Gasteiger partial charge in [0, 0.05) is 17.3 Å². The summed E-state index contributed by atoms with van der Waals surface area (Å²) in [5.74, 6) is -2.95. The molecule has 1 saturated carbocycles. The lowest BCUT2D eigenvalue weighted by Gasteiger charge is -2.29. The first-order valence-corrected chi connectivity index (χ1v) is 11.8. The first-order valence-electron chi connectivity index (χ1n) is 10.9. The molecular formula is C21H32N4O8S. The number of ether oxygens (including phenoxy) is 1. The van der Waals surface area contributed by atoms with Crippen molar-refractivity contribution in [2.75, 3.05) is 13.2 Å². The zero-order valence-corrected chi connectivity index (χ0v) is 20.2. The number of aliphatic hydroxyl groups excluding tert-OH is 2. The number of amides is 3. The van der Waals surface area contributed by atoms with E-state index in [1.165, 1.54) is 11.3 Å². The van der Waals surface area contributed by atoms with E-state index in [1.807, 2.05) is 5.32 Å². The topological polar surface area (TPSA) is 187 Å². The lowest BCUT2D eigenvalue weighted by Crippen LogP contribution is -2.54. The van der Waals surface area contributed by atoms with Crippen molar-refractivity contribution in [1.82, 2.24) is 20.9 Å². The number of nitrogens with zero attached hydrogens (tertiary/aromatic N) is 1. The van der Waals surface area contributed by atoms with Crippen molar-refractivity contribution in [3.63, 3.8) is 0 Å². The van der Waals surface area contributed by atoms with E-state index in [0.29, 0.717) is 0 Å². The van der Waals surface area contributed by atoms with E-state index in [-0.39, 0.29) is 17.7 Å². The van der Waals surface area contributed by atoms with Crippen LogP contribution < -0.4 is 16.0 Å². The zero-order valence-electron chi connectivity index (χ0n) is 19.4. The molecule has 1 fully saturated rings. The molecule has 0 bridgehead atoms. The summed E-state index contributed by atoms with van der Waals surface area (Å²) in [6.07, 6.45) is 2.59. The maximum absolute atomic E-state index is 12.5. The molecule has 12 nitrogen and oxygen atoms in total. The molecule has 0 spiro atoms. The van der Waals surface area contributed by atoms with E-state index in [4.69, 9.17) is 14.9 Å². The van der Waals surface area contributed by atoms with Crippen LogP contribution in [0.25, 0.3) is 0 Å². The molecule has 13 heteroatoms. The number of carboxylic acids is 1. The number of hydrogen-bond acceptors (Lipinski definition) is 9. The van der Waals surface area contributed by atoms with Gasteiger partial charge < -0.3 is 36.0 Å². The van der Waals surface area contributed by atoms with Crippen LogP contribution >= 0.6 is 11.3 Å². The zero-order chi connectivity index (χ0) is 25.5. The van der Waals surface area contributed by atoms with Crippen LogP contribution in [-0.2, 0) is 14.3 Å². The van der Waals surface area contributed by atoms with Gasteiger partial charge in [-0.1, -0.05) is 0 Å². The summed E-state index contributed by atoms with van der Waals surface area (Å²) in [4.78, 5) is 51.9. The minimum atomic E-state index is -1.55. The Balaban J connectivity index is 1.88. The average Bonchev–Trinajstić information content (AvgIpc) is 3.24. The fourth-order valence-electron chi connectivity index (χ4n) is 3.42. The fraction of sp³-hybridized carbons (Fsp3) is 0.667. The van der Waals surface area contributed by atoms with Gasteiger partial charge in [-0.3, -0.25) is 9.59 Å². The molecule has 6 N–H and O–H groups in total. The third-order valence-electron chi connectivity index (χ3n) is 5.15. The van der Waals surface area contributed by atoms with Gasteiger partial charge in [-0.05, 0) is 46.5 Å². The van der Waals surface area contributed by atoms with Crippen molar-refractivity contribution >= 4 is 35.2 Å². The molecule has 1 aromatic heterocycles. The molecule has 2 atom stereocenters. The molecule has 2 rings (SSSR count). The Labute approximate surface area is 201 Å². The summed E-state index contributed by atoms with van der Waals surface area (Å²) >= 11 is 1.31. The molecule has 0 radical (unpaired) electrons. The smallest absolute Gasteiger partial charge is 0.407 e. The van der Waals surface area contributed by atoms with Crippen molar-refractivity contribution < 1.29 is 39.2 Å². The molecule has 0 unspecified atom stereocenters. The van der Waals surface area contributed by atoms with Gasteiger partial charge in [0.2, 0.25) is 5.91 Å². The lowest BCUT2D eigenvalue weighted by molar-refractivity contribution is -0.143. The Bertz CT molecular complexity index is 876. The first kappa shape index (κ1) is 27.5. The predicted molar refractivity (Wildman–Crippen MR) is 121 cm³/mol. The maximum atomic E-state index is 12.5. The highest BCUT2D eigenvalue weighted by molar-refractivity contribution is 7.09. The minimum absolute atomic E-state index is 0.00575. The first-order chi connectivity index (χ1) is 15.9. The van der Waals surface area contributed by atoms with E-state index in [1.54, 1.807) is 26.2 Å². The monoisotopic (exact) mass is 500 g/mol. The third-order valence-corrected chi connectivity index (χ3v) is 6.16. The molecule has 3 amide bonds. The van der Waals surface area contributed by atoms with Crippen LogP contribution in [0.1, 0.15) is 67.9 Å². The van der Waals surface area contributed by atoms with Gasteiger partial charge in [-0.15, -0.1) is 11.3 Å². The summed E-state index contributed by atoms with van der Waals surface area (Å²) in [5.41, 5.74) is -0.483. The van der Waals surface area contributed by atoms with E-state index >= 15 is 0 Å². The molecule has 1 heterocycles. The Morgan fingerprint density at radius 3 is 2.24 bits per heavy atom. The number of aliphatic carboxylic acids is 1. The highest BCUT2D eigenvalue weighted by Crippen LogP contribution is 2.34. The molecule has 0 aliphatic heterocycles. The van der Waals surface area contributed by atoms with Gasteiger partial charge >= 0.3 is 12.1 Å². The SMILES string of the molecule is CC(C)(C)OC(=O)NC1CCC(c2nc(C(=O)N[C@@H](CO)C(=O)N[C@@H](CO)C(=O)O)cs2)CC1. The highest BCUT2D eigenvalue weighted by atomic mass is 32.1. The maximum Gasteiger partial charge on any atom is 0.407 e. The molecular weight excluding hydrogens is 468 g/mol.